The van der Waals surface area contributed by atoms with Crippen LogP contribution in [0.25, 0.3) is 0 Å². The van der Waals surface area contributed by atoms with Gasteiger partial charge in [-0.1, -0.05) is 24.3 Å². The average Bonchev–Trinajstić information content (AvgIpc) is 2.89. The maximum atomic E-state index is 5.35. The first-order chi connectivity index (χ1) is 13.2. The van der Waals surface area contributed by atoms with Crippen LogP contribution < -0.4 is 10.6 Å². The Morgan fingerprint density at radius 2 is 1.82 bits per heavy atom. The molecule has 1 fully saturated rings. The zero-order chi connectivity index (χ0) is 19.3. The van der Waals surface area contributed by atoms with Crippen LogP contribution in [0.4, 0.5) is 0 Å². The van der Waals surface area contributed by atoms with Gasteiger partial charge in [0, 0.05) is 53.0 Å². The molecule has 0 spiro atoms. The molecule has 0 atom stereocenters. The summed E-state index contributed by atoms with van der Waals surface area (Å²) in [5, 5.41) is 6.69. The molecule has 0 aromatic heterocycles. The van der Waals surface area contributed by atoms with E-state index in [4.69, 9.17) is 4.74 Å². The lowest BCUT2D eigenvalue weighted by molar-refractivity contribution is 0.145. The molecule has 1 aromatic carbocycles. The third-order valence-electron chi connectivity index (χ3n) is 4.89. The molecule has 1 heterocycles. The molecule has 7 heteroatoms. The molecule has 0 radical (unpaired) electrons. The normalized spacial score (nSPS) is 16.3. The van der Waals surface area contributed by atoms with Gasteiger partial charge in [-0.3, -0.25) is 9.89 Å². The number of nitrogens with one attached hydrogen (secondary N) is 2. The molecular weight excluding hydrogens is 465 g/mol. The van der Waals surface area contributed by atoms with E-state index < -0.39 is 0 Å². The van der Waals surface area contributed by atoms with Crippen LogP contribution in [0.2, 0.25) is 0 Å². The maximum absolute atomic E-state index is 5.35. The zero-order valence-electron chi connectivity index (χ0n) is 17.7. The fraction of sp³-hybridized carbons (Fsp3) is 0.667. The van der Waals surface area contributed by atoms with Crippen molar-refractivity contribution < 1.29 is 4.74 Å². The molecule has 28 heavy (non-hydrogen) atoms. The predicted molar refractivity (Wildman–Crippen MR) is 129 cm³/mol. The quantitative estimate of drug-likeness (QED) is 0.235. The molecule has 160 valence electrons. The lowest BCUT2D eigenvalue weighted by Crippen LogP contribution is -2.37. The van der Waals surface area contributed by atoms with Crippen molar-refractivity contribution in [3.05, 3.63) is 35.4 Å². The summed E-state index contributed by atoms with van der Waals surface area (Å²) in [5.74, 6) is 0.837. The van der Waals surface area contributed by atoms with Crippen LogP contribution >= 0.6 is 24.0 Å². The van der Waals surface area contributed by atoms with Crippen molar-refractivity contribution in [1.29, 1.82) is 0 Å². The third kappa shape index (κ3) is 10.0. The van der Waals surface area contributed by atoms with Crippen LogP contribution in [-0.4, -0.2) is 75.8 Å². The van der Waals surface area contributed by atoms with Gasteiger partial charge in [-0.25, -0.2) is 0 Å². The summed E-state index contributed by atoms with van der Waals surface area (Å²) in [4.78, 5) is 9.26. The van der Waals surface area contributed by atoms with Crippen LogP contribution in [0.3, 0.4) is 0 Å². The molecule has 0 unspecified atom stereocenters. The molecule has 0 bridgehead atoms. The molecule has 0 amide bonds. The minimum absolute atomic E-state index is 0. The van der Waals surface area contributed by atoms with E-state index in [1.807, 2.05) is 6.92 Å². The van der Waals surface area contributed by atoms with Gasteiger partial charge in [0.1, 0.15) is 0 Å². The van der Waals surface area contributed by atoms with Crippen LogP contribution in [0.5, 0.6) is 0 Å². The fourth-order valence-corrected chi connectivity index (χ4v) is 3.21. The molecule has 0 saturated carbocycles. The number of rotatable bonds is 9. The first kappa shape index (κ1) is 25.1. The van der Waals surface area contributed by atoms with Gasteiger partial charge in [0.25, 0.3) is 0 Å². The van der Waals surface area contributed by atoms with E-state index in [9.17, 15) is 0 Å². The van der Waals surface area contributed by atoms with Gasteiger partial charge in [-0.2, -0.15) is 0 Å². The van der Waals surface area contributed by atoms with Crippen LogP contribution in [-0.2, 0) is 17.8 Å². The number of benzene rings is 1. The Labute approximate surface area is 188 Å². The molecule has 0 aliphatic carbocycles. The highest BCUT2D eigenvalue weighted by molar-refractivity contribution is 14.0. The van der Waals surface area contributed by atoms with Gasteiger partial charge >= 0.3 is 0 Å². The van der Waals surface area contributed by atoms with E-state index >= 15 is 0 Å². The summed E-state index contributed by atoms with van der Waals surface area (Å²) in [6.07, 6.45) is 2.24. The second-order valence-corrected chi connectivity index (χ2v) is 7.15. The van der Waals surface area contributed by atoms with Gasteiger partial charge in [0.15, 0.2) is 5.96 Å². The Hall–Kier alpha value is -0.900. The van der Waals surface area contributed by atoms with Crippen LogP contribution in [0.15, 0.2) is 29.3 Å². The molecule has 1 saturated heterocycles. The summed E-state index contributed by atoms with van der Waals surface area (Å²) in [6.45, 7) is 11.0. The Morgan fingerprint density at radius 1 is 1.07 bits per heavy atom. The lowest BCUT2D eigenvalue weighted by atomic mass is 10.1. The minimum atomic E-state index is 0. The van der Waals surface area contributed by atoms with E-state index in [2.05, 4.69) is 56.7 Å². The molecule has 2 rings (SSSR count). The zero-order valence-corrected chi connectivity index (χ0v) is 20.1. The fourth-order valence-electron chi connectivity index (χ4n) is 3.21. The summed E-state index contributed by atoms with van der Waals surface area (Å²) in [7, 11) is 4.02. The number of likely N-dealkylation sites (N-methyl/N-ethyl adjacent to an activating group) is 1. The number of halogens is 1. The summed E-state index contributed by atoms with van der Waals surface area (Å²) in [5.41, 5.74) is 2.66. The van der Waals surface area contributed by atoms with Crippen LogP contribution in [0.1, 0.15) is 30.9 Å². The number of aliphatic imine (C=N–C) groups is 1. The van der Waals surface area contributed by atoms with E-state index in [1.54, 1.807) is 7.05 Å². The van der Waals surface area contributed by atoms with Crippen molar-refractivity contribution in [2.75, 3.05) is 60.0 Å². The molecule has 1 aliphatic rings. The molecule has 2 N–H and O–H groups in total. The topological polar surface area (TPSA) is 52.1 Å². The lowest BCUT2D eigenvalue weighted by Gasteiger charge is -2.20. The van der Waals surface area contributed by atoms with Gasteiger partial charge in [0.05, 0.1) is 0 Å². The maximum Gasteiger partial charge on any atom is 0.191 e. The average molecular weight is 503 g/mol. The van der Waals surface area contributed by atoms with Crippen LogP contribution in [0, 0.1) is 0 Å². The second-order valence-electron chi connectivity index (χ2n) is 7.15. The second kappa shape index (κ2) is 15.0. The van der Waals surface area contributed by atoms with Gasteiger partial charge in [-0.15, -0.1) is 24.0 Å². The van der Waals surface area contributed by atoms with Crippen molar-refractivity contribution in [1.82, 2.24) is 20.4 Å². The Bertz CT molecular complexity index is 552. The van der Waals surface area contributed by atoms with Crippen molar-refractivity contribution in [3.63, 3.8) is 0 Å². The van der Waals surface area contributed by atoms with E-state index in [-0.39, 0.29) is 24.0 Å². The number of nitrogens with zero attached hydrogens (tertiary/aromatic N) is 3. The summed E-state index contributed by atoms with van der Waals surface area (Å²) < 4.78 is 5.35. The third-order valence-corrected chi connectivity index (χ3v) is 4.89. The molecule has 1 aliphatic heterocycles. The van der Waals surface area contributed by atoms with Crippen molar-refractivity contribution >= 4 is 29.9 Å². The van der Waals surface area contributed by atoms with E-state index in [0.717, 1.165) is 51.8 Å². The Balaban J connectivity index is 0.00000392. The van der Waals surface area contributed by atoms with Gasteiger partial charge < -0.3 is 20.3 Å². The smallest absolute Gasteiger partial charge is 0.191 e. The monoisotopic (exact) mass is 503 g/mol. The number of ether oxygens (including phenoxy) is 1. The van der Waals surface area contributed by atoms with Crippen molar-refractivity contribution in [2.45, 2.75) is 32.9 Å². The highest BCUT2D eigenvalue weighted by Gasteiger charge is 2.12. The van der Waals surface area contributed by atoms with Gasteiger partial charge in [-0.05, 0) is 51.0 Å². The standard InChI is InChI=1S/C21H37N5O.HI/c1-4-27-16-5-11-23-21(22-2)24-17-19-7-9-20(10-8-19)18-26-13-6-12-25(3)14-15-26;/h7-10H,4-6,11-18H2,1-3H3,(H2,22,23,24);1H. The summed E-state index contributed by atoms with van der Waals surface area (Å²) >= 11 is 0. The van der Waals surface area contributed by atoms with Gasteiger partial charge in [0.2, 0.25) is 0 Å². The summed E-state index contributed by atoms with van der Waals surface area (Å²) in [6, 6.07) is 8.94. The Kier molecular flexibility index (Phi) is 13.5. The number of hydrogen-bond acceptors (Lipinski definition) is 4. The predicted octanol–water partition coefficient (Wildman–Crippen LogP) is 2.53. The van der Waals surface area contributed by atoms with Crippen molar-refractivity contribution in [2.24, 2.45) is 4.99 Å². The molecule has 1 aromatic rings. The Morgan fingerprint density at radius 3 is 2.54 bits per heavy atom. The van der Waals surface area contributed by atoms with Crippen molar-refractivity contribution in [3.8, 4) is 0 Å². The number of guanidine groups is 1. The number of hydrogen-bond donors (Lipinski definition) is 2. The highest BCUT2D eigenvalue weighted by Crippen LogP contribution is 2.10. The highest BCUT2D eigenvalue weighted by atomic mass is 127. The first-order valence-corrected chi connectivity index (χ1v) is 10.2. The largest absolute Gasteiger partial charge is 0.382 e. The van der Waals surface area contributed by atoms with E-state index in [0.29, 0.717) is 0 Å². The van der Waals surface area contributed by atoms with E-state index in [1.165, 1.54) is 37.2 Å². The minimum Gasteiger partial charge on any atom is -0.382 e. The first-order valence-electron chi connectivity index (χ1n) is 10.2. The molecule has 6 nitrogen and oxygen atoms in total. The molecular formula is C21H38IN5O. The SMILES string of the molecule is CCOCCCNC(=NC)NCc1ccc(CN2CCCN(C)CC2)cc1.I.